The first kappa shape index (κ1) is 15.7. The van der Waals surface area contributed by atoms with E-state index in [-0.39, 0.29) is 0 Å². The predicted octanol–water partition coefficient (Wildman–Crippen LogP) is 3.81. The second kappa shape index (κ2) is 5.80. The number of aryl methyl sites for hydroxylation is 2. The van der Waals surface area contributed by atoms with E-state index in [1.54, 1.807) is 10.4 Å². The van der Waals surface area contributed by atoms with Gasteiger partial charge >= 0.3 is 0 Å². The van der Waals surface area contributed by atoms with E-state index in [0.29, 0.717) is 18.0 Å². The van der Waals surface area contributed by atoms with E-state index >= 15 is 0 Å². The van der Waals surface area contributed by atoms with Crippen molar-refractivity contribution in [2.45, 2.75) is 31.7 Å². The summed E-state index contributed by atoms with van der Waals surface area (Å²) >= 11 is 3.46. The number of nitrogens with zero attached hydrogens (tertiary/aromatic N) is 1. The summed E-state index contributed by atoms with van der Waals surface area (Å²) in [6.07, 6.45) is 0.768. The lowest BCUT2D eigenvalue weighted by Gasteiger charge is -2.28. The van der Waals surface area contributed by atoms with Crippen LogP contribution in [0, 0.1) is 13.8 Å². The van der Waals surface area contributed by atoms with E-state index < -0.39 is 10.0 Å². The van der Waals surface area contributed by atoms with Crippen molar-refractivity contribution in [2.24, 2.45) is 0 Å². The first-order valence-electron chi connectivity index (χ1n) is 7.23. The number of fused-ring (bicyclic) bond motifs is 1. The van der Waals surface area contributed by atoms with Crippen LogP contribution in [0.3, 0.4) is 0 Å². The molecule has 1 aliphatic rings. The average molecular weight is 380 g/mol. The standard InChI is InChI=1S/C17H18BrNO2S/c1-12-10-17(13(2)9-16(12)18)22(20,21)19-8-7-14-5-3-4-6-15(14)11-19/h3-6,9-10H,7-8,11H2,1-2H3. The fraction of sp³-hybridized carbons (Fsp3) is 0.294. The predicted molar refractivity (Wildman–Crippen MR) is 91.4 cm³/mol. The zero-order valence-electron chi connectivity index (χ0n) is 12.6. The van der Waals surface area contributed by atoms with E-state index in [1.807, 2.05) is 38.1 Å². The van der Waals surface area contributed by atoms with Crippen LogP contribution in [0.4, 0.5) is 0 Å². The minimum absolute atomic E-state index is 0.410. The SMILES string of the molecule is Cc1cc(S(=O)(=O)N2CCc3ccccc3C2)c(C)cc1Br. The quantitative estimate of drug-likeness (QED) is 0.795. The van der Waals surface area contributed by atoms with Crippen LogP contribution in [0.25, 0.3) is 0 Å². The molecule has 0 saturated carbocycles. The van der Waals surface area contributed by atoms with Gasteiger partial charge in [0.1, 0.15) is 0 Å². The Kier molecular flexibility index (Phi) is 4.14. The van der Waals surface area contributed by atoms with Gasteiger partial charge in [-0.1, -0.05) is 40.2 Å². The summed E-state index contributed by atoms with van der Waals surface area (Å²) < 4.78 is 28.5. The minimum Gasteiger partial charge on any atom is -0.207 e. The van der Waals surface area contributed by atoms with Crippen molar-refractivity contribution < 1.29 is 8.42 Å². The van der Waals surface area contributed by atoms with E-state index in [4.69, 9.17) is 0 Å². The molecule has 1 aliphatic heterocycles. The molecule has 0 amide bonds. The van der Waals surface area contributed by atoms with Crippen LogP contribution in [0.1, 0.15) is 22.3 Å². The molecule has 2 aromatic carbocycles. The van der Waals surface area contributed by atoms with Crippen molar-refractivity contribution >= 4 is 26.0 Å². The molecule has 0 radical (unpaired) electrons. The Morgan fingerprint density at radius 2 is 1.73 bits per heavy atom. The molecule has 0 N–H and O–H groups in total. The van der Waals surface area contributed by atoms with E-state index in [0.717, 1.165) is 27.6 Å². The Morgan fingerprint density at radius 1 is 1.05 bits per heavy atom. The highest BCUT2D eigenvalue weighted by Gasteiger charge is 2.29. The van der Waals surface area contributed by atoms with Crippen molar-refractivity contribution in [2.75, 3.05) is 6.54 Å². The van der Waals surface area contributed by atoms with Crippen molar-refractivity contribution in [3.05, 3.63) is 63.1 Å². The maximum absolute atomic E-state index is 13.0. The molecule has 5 heteroatoms. The first-order valence-corrected chi connectivity index (χ1v) is 9.46. The minimum atomic E-state index is -3.46. The molecular formula is C17H18BrNO2S. The zero-order valence-corrected chi connectivity index (χ0v) is 15.0. The van der Waals surface area contributed by atoms with Gasteiger partial charge in [-0.25, -0.2) is 8.42 Å². The maximum atomic E-state index is 13.0. The lowest BCUT2D eigenvalue weighted by molar-refractivity contribution is 0.391. The smallest absolute Gasteiger partial charge is 0.207 e. The van der Waals surface area contributed by atoms with Gasteiger partial charge in [0.05, 0.1) is 4.90 Å². The molecule has 3 rings (SSSR count). The average Bonchev–Trinajstić information content (AvgIpc) is 2.50. The van der Waals surface area contributed by atoms with Crippen LogP contribution < -0.4 is 0 Å². The number of halogens is 1. The maximum Gasteiger partial charge on any atom is 0.243 e. The van der Waals surface area contributed by atoms with Crippen LogP contribution in [0.5, 0.6) is 0 Å². The van der Waals surface area contributed by atoms with Crippen molar-refractivity contribution in [1.82, 2.24) is 4.31 Å². The molecule has 0 atom stereocenters. The summed E-state index contributed by atoms with van der Waals surface area (Å²) in [7, 11) is -3.46. The molecule has 0 spiro atoms. The van der Waals surface area contributed by atoms with Gasteiger partial charge in [-0.3, -0.25) is 0 Å². The summed E-state index contributed by atoms with van der Waals surface area (Å²) in [5.74, 6) is 0. The van der Waals surface area contributed by atoms with E-state index in [1.165, 1.54) is 5.56 Å². The molecule has 0 bridgehead atoms. The number of benzene rings is 2. The van der Waals surface area contributed by atoms with Gasteiger partial charge in [-0.2, -0.15) is 4.31 Å². The van der Waals surface area contributed by atoms with Crippen molar-refractivity contribution in [3.63, 3.8) is 0 Å². The molecule has 22 heavy (non-hydrogen) atoms. The monoisotopic (exact) mass is 379 g/mol. The summed E-state index contributed by atoms with van der Waals surface area (Å²) in [6, 6.07) is 11.7. The van der Waals surface area contributed by atoms with Crippen LogP contribution >= 0.6 is 15.9 Å². The molecule has 2 aromatic rings. The highest BCUT2D eigenvalue weighted by Crippen LogP contribution is 2.29. The lowest BCUT2D eigenvalue weighted by Crippen LogP contribution is -2.36. The Hall–Kier alpha value is -1.17. The van der Waals surface area contributed by atoms with Gasteiger partial charge in [0, 0.05) is 17.6 Å². The number of hydrogen-bond donors (Lipinski definition) is 0. The third-order valence-electron chi connectivity index (χ3n) is 4.17. The van der Waals surface area contributed by atoms with Gasteiger partial charge in [0.25, 0.3) is 0 Å². The van der Waals surface area contributed by atoms with Gasteiger partial charge in [0.2, 0.25) is 10.0 Å². The summed E-state index contributed by atoms with van der Waals surface area (Å²) in [5.41, 5.74) is 4.05. The molecule has 1 heterocycles. The number of sulfonamides is 1. The van der Waals surface area contributed by atoms with Crippen LogP contribution in [0.2, 0.25) is 0 Å². The molecular weight excluding hydrogens is 362 g/mol. The second-order valence-corrected chi connectivity index (χ2v) is 8.48. The Labute approximate surface area is 140 Å². The summed E-state index contributed by atoms with van der Waals surface area (Å²) in [5, 5.41) is 0. The Balaban J connectivity index is 2.00. The summed E-state index contributed by atoms with van der Waals surface area (Å²) in [6.45, 7) is 4.74. The lowest BCUT2D eigenvalue weighted by atomic mass is 10.0. The van der Waals surface area contributed by atoms with Crippen molar-refractivity contribution in [3.8, 4) is 0 Å². The number of hydrogen-bond acceptors (Lipinski definition) is 2. The Morgan fingerprint density at radius 3 is 2.45 bits per heavy atom. The highest BCUT2D eigenvalue weighted by atomic mass is 79.9. The number of rotatable bonds is 2. The van der Waals surface area contributed by atoms with Crippen LogP contribution in [-0.4, -0.2) is 19.3 Å². The van der Waals surface area contributed by atoms with Crippen LogP contribution in [0.15, 0.2) is 45.8 Å². The molecule has 0 aromatic heterocycles. The zero-order chi connectivity index (χ0) is 15.9. The Bertz CT molecular complexity index is 831. The van der Waals surface area contributed by atoms with Crippen LogP contribution in [-0.2, 0) is 23.0 Å². The van der Waals surface area contributed by atoms with Crippen molar-refractivity contribution in [1.29, 1.82) is 0 Å². The van der Waals surface area contributed by atoms with Gasteiger partial charge in [-0.05, 0) is 54.7 Å². The van der Waals surface area contributed by atoms with Gasteiger partial charge in [-0.15, -0.1) is 0 Å². The van der Waals surface area contributed by atoms with E-state index in [9.17, 15) is 8.42 Å². The molecule has 0 saturated heterocycles. The van der Waals surface area contributed by atoms with Gasteiger partial charge in [0.15, 0.2) is 0 Å². The second-order valence-electron chi connectivity index (χ2n) is 5.72. The molecule has 0 fully saturated rings. The normalized spacial score (nSPS) is 15.6. The topological polar surface area (TPSA) is 37.4 Å². The molecule has 116 valence electrons. The fourth-order valence-corrected chi connectivity index (χ4v) is 5.01. The summed E-state index contributed by atoms with van der Waals surface area (Å²) in [4.78, 5) is 0.410. The third-order valence-corrected chi connectivity index (χ3v) is 7.01. The fourth-order valence-electron chi connectivity index (χ4n) is 2.85. The van der Waals surface area contributed by atoms with E-state index in [2.05, 4.69) is 22.0 Å². The molecule has 0 unspecified atom stereocenters. The largest absolute Gasteiger partial charge is 0.243 e. The molecule has 3 nitrogen and oxygen atoms in total. The van der Waals surface area contributed by atoms with Gasteiger partial charge < -0.3 is 0 Å². The molecule has 0 aliphatic carbocycles. The third kappa shape index (κ3) is 2.73. The highest BCUT2D eigenvalue weighted by molar-refractivity contribution is 9.10. The first-order chi connectivity index (χ1) is 10.4.